The van der Waals surface area contributed by atoms with E-state index in [9.17, 15) is 4.79 Å². The van der Waals surface area contributed by atoms with E-state index < -0.39 is 0 Å². The molecule has 2 saturated heterocycles. The van der Waals surface area contributed by atoms with Crippen LogP contribution in [0.15, 0.2) is 12.4 Å². The van der Waals surface area contributed by atoms with E-state index in [0.717, 1.165) is 50.7 Å². The minimum absolute atomic E-state index is 0.0436. The number of hydrogen-bond donors (Lipinski definition) is 2. The second-order valence-corrected chi connectivity index (χ2v) is 7.11. The van der Waals surface area contributed by atoms with Crippen LogP contribution in [0.1, 0.15) is 39.0 Å². The minimum atomic E-state index is -0.0790. The van der Waals surface area contributed by atoms with Crippen molar-refractivity contribution in [2.75, 3.05) is 42.5 Å². The average molecular weight is 346 g/mol. The first-order valence-corrected chi connectivity index (χ1v) is 9.52. The molecule has 0 spiro atoms. The van der Waals surface area contributed by atoms with Crippen molar-refractivity contribution in [1.82, 2.24) is 15.3 Å². The van der Waals surface area contributed by atoms with Gasteiger partial charge >= 0.3 is 0 Å². The van der Waals surface area contributed by atoms with Crippen LogP contribution in [-0.2, 0) is 4.79 Å². The molecule has 0 aliphatic carbocycles. The molecule has 0 saturated carbocycles. The highest BCUT2D eigenvalue weighted by atomic mass is 16.1. The van der Waals surface area contributed by atoms with Crippen molar-refractivity contribution in [1.29, 1.82) is 0 Å². The molecule has 2 atom stereocenters. The molecule has 25 heavy (non-hydrogen) atoms. The molecule has 0 aromatic carbocycles. The summed E-state index contributed by atoms with van der Waals surface area (Å²) < 4.78 is 0. The lowest BCUT2D eigenvalue weighted by Gasteiger charge is -2.28. The molecule has 2 fully saturated rings. The van der Waals surface area contributed by atoms with E-state index in [0.29, 0.717) is 5.92 Å². The number of carbonyl (C=O) groups excluding carboxylic acids is 1. The number of piperidine rings is 1. The van der Waals surface area contributed by atoms with Gasteiger partial charge in [-0.1, -0.05) is 13.3 Å². The van der Waals surface area contributed by atoms with Gasteiger partial charge in [0.15, 0.2) is 0 Å². The maximum Gasteiger partial charge on any atom is 0.234 e. The number of nitrogens with one attached hydrogen (secondary N) is 1. The van der Waals surface area contributed by atoms with Gasteiger partial charge in [0.2, 0.25) is 5.91 Å². The first kappa shape index (κ1) is 17.9. The monoisotopic (exact) mass is 346 g/mol. The number of amides is 1. The van der Waals surface area contributed by atoms with Crippen LogP contribution in [0.3, 0.4) is 0 Å². The van der Waals surface area contributed by atoms with Gasteiger partial charge in [0.25, 0.3) is 0 Å². The molecule has 3 heterocycles. The maximum atomic E-state index is 11.7. The van der Waals surface area contributed by atoms with E-state index in [4.69, 9.17) is 5.73 Å². The molecule has 1 aromatic rings. The minimum Gasteiger partial charge on any atom is -0.356 e. The Balaban J connectivity index is 1.71. The summed E-state index contributed by atoms with van der Waals surface area (Å²) in [5, 5.41) is 3.08. The van der Waals surface area contributed by atoms with E-state index in [2.05, 4.69) is 38.1 Å². The Morgan fingerprint density at radius 1 is 1.20 bits per heavy atom. The van der Waals surface area contributed by atoms with Crippen LogP contribution < -0.4 is 20.9 Å². The van der Waals surface area contributed by atoms with Gasteiger partial charge in [0, 0.05) is 32.2 Å². The van der Waals surface area contributed by atoms with Crippen molar-refractivity contribution in [3.05, 3.63) is 12.4 Å². The zero-order valence-electron chi connectivity index (χ0n) is 15.2. The number of anilines is 2. The Morgan fingerprint density at radius 2 is 1.92 bits per heavy atom. The summed E-state index contributed by atoms with van der Waals surface area (Å²) in [6.45, 7) is 6.08. The molecule has 0 unspecified atom stereocenters. The van der Waals surface area contributed by atoms with Crippen molar-refractivity contribution in [3.63, 3.8) is 0 Å². The smallest absolute Gasteiger partial charge is 0.234 e. The Kier molecular flexibility index (Phi) is 6.07. The van der Waals surface area contributed by atoms with Crippen molar-refractivity contribution in [2.24, 2.45) is 11.7 Å². The molecule has 7 nitrogen and oxygen atoms in total. The first-order valence-electron chi connectivity index (χ1n) is 9.52. The summed E-state index contributed by atoms with van der Waals surface area (Å²) in [6, 6.07) is 2.24. The highest BCUT2D eigenvalue weighted by Crippen LogP contribution is 2.28. The summed E-state index contributed by atoms with van der Waals surface area (Å²) in [4.78, 5) is 25.3. The van der Waals surface area contributed by atoms with E-state index in [-0.39, 0.29) is 18.5 Å². The van der Waals surface area contributed by atoms with Gasteiger partial charge in [-0.05, 0) is 31.6 Å². The molecular formula is C18H30N6O. The van der Waals surface area contributed by atoms with Crippen LogP contribution in [0.25, 0.3) is 0 Å². The normalized spacial score (nSPS) is 23.8. The van der Waals surface area contributed by atoms with Gasteiger partial charge in [-0.3, -0.25) is 4.79 Å². The Morgan fingerprint density at radius 3 is 2.60 bits per heavy atom. The predicted octanol–water partition coefficient (Wildman–Crippen LogP) is 1.15. The molecule has 0 radical (unpaired) electrons. The SMILES string of the molecule is CCC[C@@H]1CN(c2cc(N3CCCCC3)ncn2)C[C@H]1NC(=O)CN. The fourth-order valence-corrected chi connectivity index (χ4v) is 3.96. The van der Waals surface area contributed by atoms with Gasteiger partial charge in [-0.15, -0.1) is 0 Å². The quantitative estimate of drug-likeness (QED) is 0.803. The summed E-state index contributed by atoms with van der Waals surface area (Å²) >= 11 is 0. The number of nitrogens with zero attached hydrogens (tertiary/aromatic N) is 4. The van der Waals surface area contributed by atoms with Crippen LogP contribution in [0.5, 0.6) is 0 Å². The highest BCUT2D eigenvalue weighted by Gasteiger charge is 2.33. The molecule has 7 heteroatoms. The standard InChI is InChI=1S/C18H30N6O/c1-2-6-14-11-24(12-15(14)22-18(25)10-19)17-9-16(20-13-21-17)23-7-4-3-5-8-23/h9,13-15H,2-8,10-12,19H2,1H3,(H,22,25)/t14-,15-/m1/s1. The van der Waals surface area contributed by atoms with Crippen LogP contribution in [0.2, 0.25) is 0 Å². The topological polar surface area (TPSA) is 87.4 Å². The van der Waals surface area contributed by atoms with Crippen LogP contribution in [-0.4, -0.2) is 54.6 Å². The molecule has 3 N–H and O–H groups in total. The number of carbonyl (C=O) groups is 1. The average Bonchev–Trinajstić information content (AvgIpc) is 3.05. The Hall–Kier alpha value is -1.89. The highest BCUT2D eigenvalue weighted by molar-refractivity contribution is 5.78. The Labute approximate surface area is 150 Å². The zero-order valence-corrected chi connectivity index (χ0v) is 15.2. The summed E-state index contributed by atoms with van der Waals surface area (Å²) in [5.74, 6) is 2.34. The first-order chi connectivity index (χ1) is 12.2. The van der Waals surface area contributed by atoms with Gasteiger partial charge in [-0.2, -0.15) is 0 Å². The third kappa shape index (κ3) is 4.39. The molecule has 3 rings (SSSR count). The van der Waals surface area contributed by atoms with Crippen molar-refractivity contribution in [2.45, 2.75) is 45.1 Å². The fraction of sp³-hybridized carbons (Fsp3) is 0.722. The second-order valence-electron chi connectivity index (χ2n) is 7.11. The van der Waals surface area contributed by atoms with Crippen molar-refractivity contribution in [3.8, 4) is 0 Å². The van der Waals surface area contributed by atoms with E-state index in [1.165, 1.54) is 19.3 Å². The zero-order chi connectivity index (χ0) is 17.6. The lowest BCUT2D eigenvalue weighted by Crippen LogP contribution is -2.43. The summed E-state index contributed by atoms with van der Waals surface area (Å²) in [6.07, 6.45) is 7.64. The molecular weight excluding hydrogens is 316 g/mol. The van der Waals surface area contributed by atoms with Gasteiger partial charge in [0.05, 0.1) is 12.6 Å². The Bertz CT molecular complexity index is 574. The van der Waals surface area contributed by atoms with Crippen molar-refractivity contribution >= 4 is 17.5 Å². The van der Waals surface area contributed by atoms with Gasteiger partial charge in [0.1, 0.15) is 18.0 Å². The largest absolute Gasteiger partial charge is 0.356 e. The van der Waals surface area contributed by atoms with Crippen LogP contribution in [0.4, 0.5) is 11.6 Å². The number of nitrogens with two attached hydrogens (primary N) is 1. The van der Waals surface area contributed by atoms with E-state index in [1.54, 1.807) is 6.33 Å². The summed E-state index contributed by atoms with van der Waals surface area (Å²) in [7, 11) is 0. The lowest BCUT2D eigenvalue weighted by atomic mass is 9.98. The van der Waals surface area contributed by atoms with Crippen molar-refractivity contribution < 1.29 is 4.79 Å². The fourth-order valence-electron chi connectivity index (χ4n) is 3.96. The number of hydrogen-bond acceptors (Lipinski definition) is 6. The summed E-state index contributed by atoms with van der Waals surface area (Å²) in [5.41, 5.74) is 5.47. The lowest BCUT2D eigenvalue weighted by molar-refractivity contribution is -0.120. The predicted molar refractivity (Wildman–Crippen MR) is 99.7 cm³/mol. The van der Waals surface area contributed by atoms with Gasteiger partial charge in [-0.25, -0.2) is 9.97 Å². The third-order valence-electron chi connectivity index (χ3n) is 5.27. The second kappa shape index (κ2) is 8.47. The maximum absolute atomic E-state index is 11.7. The molecule has 1 aromatic heterocycles. The number of rotatable bonds is 6. The molecule has 0 bridgehead atoms. The molecule has 138 valence electrons. The third-order valence-corrected chi connectivity index (χ3v) is 5.27. The molecule has 1 amide bonds. The molecule has 2 aliphatic heterocycles. The van der Waals surface area contributed by atoms with E-state index >= 15 is 0 Å². The van der Waals surface area contributed by atoms with E-state index in [1.807, 2.05) is 0 Å². The number of aromatic nitrogens is 2. The van der Waals surface area contributed by atoms with Gasteiger partial charge < -0.3 is 20.9 Å². The van der Waals surface area contributed by atoms with Crippen LogP contribution >= 0.6 is 0 Å². The molecule has 2 aliphatic rings. The van der Waals surface area contributed by atoms with Crippen LogP contribution in [0, 0.1) is 5.92 Å².